The van der Waals surface area contributed by atoms with Gasteiger partial charge in [-0.3, -0.25) is 0 Å². The Morgan fingerprint density at radius 2 is 0.943 bits per heavy atom. The van der Waals surface area contributed by atoms with Crippen LogP contribution in [0, 0.1) is 0 Å². The second-order valence-electron chi connectivity index (χ2n) is 8.41. The van der Waals surface area contributed by atoms with Gasteiger partial charge in [0.25, 0.3) is 0 Å². The van der Waals surface area contributed by atoms with Crippen LogP contribution in [0.5, 0.6) is 17.2 Å². The molecule has 0 saturated heterocycles. The maximum atomic E-state index is 5.87. The number of hydrogen-bond acceptors (Lipinski definition) is 5. The van der Waals surface area contributed by atoms with E-state index in [4.69, 9.17) is 14.2 Å². The average Bonchev–Trinajstić information content (AvgIpc) is 2.91. The summed E-state index contributed by atoms with van der Waals surface area (Å²) in [5.41, 5.74) is 5.80. The summed E-state index contributed by atoms with van der Waals surface area (Å²) >= 11 is 0. The first-order valence-corrected chi connectivity index (χ1v) is 12.5. The molecular formula is C30H40N2O3. The topological polar surface area (TPSA) is 34.2 Å². The summed E-state index contributed by atoms with van der Waals surface area (Å²) in [6.45, 7) is 12.7. The van der Waals surface area contributed by atoms with E-state index in [9.17, 15) is 0 Å². The van der Waals surface area contributed by atoms with Crippen molar-refractivity contribution >= 4 is 11.4 Å². The highest BCUT2D eigenvalue weighted by atomic mass is 16.5. The van der Waals surface area contributed by atoms with E-state index >= 15 is 0 Å². The third-order valence-corrected chi connectivity index (χ3v) is 6.75. The average molecular weight is 477 g/mol. The van der Waals surface area contributed by atoms with E-state index in [0.29, 0.717) is 5.75 Å². The second kappa shape index (κ2) is 12.4. The number of benzene rings is 3. The highest BCUT2D eigenvalue weighted by molar-refractivity contribution is 5.61. The first-order chi connectivity index (χ1) is 17.0. The van der Waals surface area contributed by atoms with Gasteiger partial charge in [-0.25, -0.2) is 0 Å². The summed E-state index contributed by atoms with van der Waals surface area (Å²) in [5.74, 6) is 2.12. The van der Waals surface area contributed by atoms with E-state index in [0.717, 1.165) is 43.2 Å². The zero-order valence-corrected chi connectivity index (χ0v) is 22.3. The first-order valence-electron chi connectivity index (χ1n) is 12.5. The Morgan fingerprint density at radius 3 is 1.23 bits per heavy atom. The molecule has 0 radical (unpaired) electrons. The summed E-state index contributed by atoms with van der Waals surface area (Å²) in [6, 6.07) is 21.6. The van der Waals surface area contributed by atoms with Gasteiger partial charge in [0.05, 0.1) is 21.3 Å². The van der Waals surface area contributed by atoms with Gasteiger partial charge in [0.1, 0.15) is 17.2 Å². The summed E-state index contributed by atoms with van der Waals surface area (Å²) in [4.78, 5) is 4.71. The maximum absolute atomic E-state index is 5.87. The Bertz CT molecular complexity index is 975. The van der Waals surface area contributed by atoms with E-state index in [1.54, 1.807) is 21.3 Å². The first kappa shape index (κ1) is 26.3. The predicted molar refractivity (Wildman–Crippen MR) is 147 cm³/mol. The van der Waals surface area contributed by atoms with Crippen molar-refractivity contribution in [2.45, 2.75) is 33.6 Å². The van der Waals surface area contributed by atoms with Crippen LogP contribution in [0.1, 0.15) is 50.3 Å². The van der Waals surface area contributed by atoms with Crippen molar-refractivity contribution in [3.05, 3.63) is 77.4 Å². The number of rotatable bonds is 12. The number of nitrogens with zero attached hydrogens (tertiary/aromatic N) is 2. The molecule has 0 aliphatic rings. The molecule has 0 atom stereocenters. The normalized spacial score (nSPS) is 10.9. The van der Waals surface area contributed by atoms with Gasteiger partial charge < -0.3 is 24.0 Å². The molecule has 0 aliphatic heterocycles. The van der Waals surface area contributed by atoms with Crippen LogP contribution in [0.3, 0.4) is 0 Å². The van der Waals surface area contributed by atoms with E-state index in [-0.39, 0.29) is 5.92 Å². The van der Waals surface area contributed by atoms with Gasteiger partial charge in [0.2, 0.25) is 0 Å². The summed E-state index contributed by atoms with van der Waals surface area (Å²) < 4.78 is 17.3. The third kappa shape index (κ3) is 5.67. The van der Waals surface area contributed by atoms with E-state index in [1.807, 2.05) is 12.1 Å². The number of ether oxygens (including phenoxy) is 3. The molecule has 0 amide bonds. The van der Waals surface area contributed by atoms with Crippen molar-refractivity contribution in [3.8, 4) is 17.2 Å². The molecule has 0 spiro atoms. The molecule has 3 aromatic rings. The molecule has 5 nitrogen and oxygen atoms in total. The van der Waals surface area contributed by atoms with Crippen LogP contribution >= 0.6 is 0 Å². The lowest BCUT2D eigenvalue weighted by Crippen LogP contribution is -2.22. The molecule has 0 aromatic heterocycles. The minimum atomic E-state index is -0.0673. The Balaban J connectivity index is 2.19. The van der Waals surface area contributed by atoms with Crippen LogP contribution in [0.25, 0.3) is 0 Å². The Morgan fingerprint density at radius 1 is 0.571 bits per heavy atom. The SMILES string of the molecule is CCN(CC)c1ccc(C(c2ccc(N(CC)CC)cc2)c2c(OC)cc(OC)cc2OC)cc1. The molecule has 0 heterocycles. The quantitative estimate of drug-likeness (QED) is 0.276. The smallest absolute Gasteiger partial charge is 0.130 e. The van der Waals surface area contributed by atoms with Crippen LogP contribution in [-0.2, 0) is 0 Å². The highest BCUT2D eigenvalue weighted by Gasteiger charge is 2.26. The van der Waals surface area contributed by atoms with Gasteiger partial charge in [-0.15, -0.1) is 0 Å². The Hall–Kier alpha value is -3.34. The predicted octanol–water partition coefficient (Wildman–Crippen LogP) is 6.59. The van der Waals surface area contributed by atoms with Gasteiger partial charge in [0.15, 0.2) is 0 Å². The lowest BCUT2D eigenvalue weighted by Gasteiger charge is -2.26. The molecule has 5 heteroatoms. The Kier molecular flexibility index (Phi) is 9.30. The minimum absolute atomic E-state index is 0.0673. The van der Waals surface area contributed by atoms with Crippen molar-refractivity contribution in [3.63, 3.8) is 0 Å². The fourth-order valence-electron chi connectivity index (χ4n) is 4.78. The second-order valence-corrected chi connectivity index (χ2v) is 8.41. The van der Waals surface area contributed by atoms with Crippen molar-refractivity contribution in [2.24, 2.45) is 0 Å². The zero-order valence-electron chi connectivity index (χ0n) is 22.3. The van der Waals surface area contributed by atoms with Crippen LogP contribution < -0.4 is 24.0 Å². The molecule has 0 unspecified atom stereocenters. The fourth-order valence-corrected chi connectivity index (χ4v) is 4.78. The van der Waals surface area contributed by atoms with Crippen molar-refractivity contribution in [1.82, 2.24) is 0 Å². The number of anilines is 2. The van der Waals surface area contributed by atoms with Crippen LogP contribution in [0.2, 0.25) is 0 Å². The number of hydrogen-bond donors (Lipinski definition) is 0. The van der Waals surface area contributed by atoms with Crippen molar-refractivity contribution in [1.29, 1.82) is 0 Å². The molecular weight excluding hydrogens is 436 g/mol. The van der Waals surface area contributed by atoms with E-state index < -0.39 is 0 Å². The van der Waals surface area contributed by atoms with Crippen LogP contribution in [0.4, 0.5) is 11.4 Å². The molecule has 188 valence electrons. The molecule has 3 rings (SSSR count). The monoisotopic (exact) mass is 476 g/mol. The Labute approximate surface area is 211 Å². The fraction of sp³-hybridized carbons (Fsp3) is 0.400. The standard InChI is InChI=1S/C30H40N2O3/c1-8-31(9-2)24-16-12-22(13-17-24)29(23-14-18-25(19-15-23)32(10-3)11-4)30-27(34-6)20-26(33-5)21-28(30)35-7/h12-21,29H,8-11H2,1-7H3. The zero-order chi connectivity index (χ0) is 25.4. The number of methoxy groups -OCH3 is 3. The largest absolute Gasteiger partial charge is 0.496 e. The third-order valence-electron chi connectivity index (χ3n) is 6.75. The van der Waals surface area contributed by atoms with Gasteiger partial charge in [-0.2, -0.15) is 0 Å². The molecule has 0 N–H and O–H groups in total. The van der Waals surface area contributed by atoms with E-state index in [1.165, 1.54) is 22.5 Å². The molecule has 0 aliphatic carbocycles. The molecule has 0 saturated carbocycles. The van der Waals surface area contributed by atoms with Crippen molar-refractivity contribution < 1.29 is 14.2 Å². The maximum Gasteiger partial charge on any atom is 0.130 e. The van der Waals surface area contributed by atoms with Crippen molar-refractivity contribution in [2.75, 3.05) is 57.3 Å². The molecule has 3 aromatic carbocycles. The van der Waals surface area contributed by atoms with Crippen LogP contribution in [0.15, 0.2) is 60.7 Å². The molecule has 0 fully saturated rings. The molecule has 0 bridgehead atoms. The summed E-state index contributed by atoms with van der Waals surface area (Å²) in [6.07, 6.45) is 0. The van der Waals surface area contributed by atoms with Gasteiger partial charge in [-0.1, -0.05) is 24.3 Å². The highest BCUT2D eigenvalue weighted by Crippen LogP contribution is 2.45. The van der Waals surface area contributed by atoms with Crippen LogP contribution in [-0.4, -0.2) is 47.5 Å². The minimum Gasteiger partial charge on any atom is -0.496 e. The van der Waals surface area contributed by atoms with Gasteiger partial charge in [0, 0.05) is 61.2 Å². The molecule has 35 heavy (non-hydrogen) atoms. The summed E-state index contributed by atoms with van der Waals surface area (Å²) in [7, 11) is 5.05. The van der Waals surface area contributed by atoms with E-state index in [2.05, 4.69) is 86.0 Å². The lowest BCUT2D eigenvalue weighted by atomic mass is 9.83. The summed E-state index contributed by atoms with van der Waals surface area (Å²) in [5, 5.41) is 0. The van der Waals surface area contributed by atoms with Gasteiger partial charge >= 0.3 is 0 Å². The van der Waals surface area contributed by atoms with Gasteiger partial charge in [-0.05, 0) is 63.1 Å². The lowest BCUT2D eigenvalue weighted by molar-refractivity contribution is 0.368.